The molecule has 26 heavy (non-hydrogen) atoms. The highest BCUT2D eigenvalue weighted by Gasteiger charge is 2.21. The number of hydrogen-bond acceptors (Lipinski definition) is 5. The van der Waals surface area contributed by atoms with E-state index in [1.54, 1.807) is 13.0 Å². The lowest BCUT2D eigenvalue weighted by atomic mass is 10.1. The van der Waals surface area contributed by atoms with Crippen molar-refractivity contribution < 1.29 is 26.8 Å². The van der Waals surface area contributed by atoms with E-state index < -0.39 is 21.8 Å². The minimum atomic E-state index is -3.92. The third kappa shape index (κ3) is 3.15. The van der Waals surface area contributed by atoms with Crippen LogP contribution in [-0.2, 0) is 14.8 Å². The Balaban J connectivity index is 2.04. The predicted molar refractivity (Wildman–Crippen MR) is 94.2 cm³/mol. The van der Waals surface area contributed by atoms with E-state index in [1.165, 1.54) is 32.2 Å². The number of hydrogen-bond donors (Lipinski definition) is 1. The summed E-state index contributed by atoms with van der Waals surface area (Å²) >= 11 is 0. The minimum Gasteiger partial charge on any atom is -0.465 e. The molecule has 0 saturated heterocycles. The van der Waals surface area contributed by atoms with E-state index >= 15 is 0 Å². The Kier molecular flexibility index (Phi) is 4.45. The summed E-state index contributed by atoms with van der Waals surface area (Å²) in [4.78, 5) is 11.9. The molecule has 3 rings (SSSR count). The number of nitrogens with one attached hydrogen (secondary N) is 1. The summed E-state index contributed by atoms with van der Waals surface area (Å²) in [5.74, 6) is -0.712. The number of aryl methyl sites for hydroxylation is 2. The monoisotopic (exact) mass is 377 g/mol. The summed E-state index contributed by atoms with van der Waals surface area (Å²) in [5.41, 5.74) is 1.20. The maximum Gasteiger partial charge on any atom is 0.342 e. The zero-order valence-corrected chi connectivity index (χ0v) is 15.1. The van der Waals surface area contributed by atoms with Crippen LogP contribution in [0.25, 0.3) is 11.0 Å². The number of carbonyl (C=O) groups excluding carboxylic acids is 1. The Morgan fingerprint density at radius 1 is 1.15 bits per heavy atom. The Morgan fingerprint density at radius 3 is 2.54 bits per heavy atom. The highest BCUT2D eigenvalue weighted by atomic mass is 32.2. The number of carbonyl (C=O) groups is 1. The smallest absolute Gasteiger partial charge is 0.342 e. The summed E-state index contributed by atoms with van der Waals surface area (Å²) in [6, 6.07) is 8.00. The molecule has 1 N–H and O–H groups in total. The van der Waals surface area contributed by atoms with Gasteiger partial charge in [-0.2, -0.15) is 0 Å². The average molecular weight is 377 g/mol. The van der Waals surface area contributed by atoms with Crippen LogP contribution in [0.4, 0.5) is 10.1 Å². The summed E-state index contributed by atoms with van der Waals surface area (Å²) in [6.45, 7) is 3.13. The maximum absolute atomic E-state index is 13.2. The van der Waals surface area contributed by atoms with Crippen molar-refractivity contribution in [3.63, 3.8) is 0 Å². The lowest BCUT2D eigenvalue weighted by Crippen LogP contribution is -2.14. The van der Waals surface area contributed by atoms with E-state index in [2.05, 4.69) is 4.72 Å². The minimum absolute atomic E-state index is 0.0319. The second-order valence-electron chi connectivity index (χ2n) is 5.75. The van der Waals surface area contributed by atoms with E-state index in [0.29, 0.717) is 16.7 Å². The number of methoxy groups -OCH3 is 1. The van der Waals surface area contributed by atoms with Crippen molar-refractivity contribution >= 4 is 32.6 Å². The van der Waals surface area contributed by atoms with Gasteiger partial charge in [-0.25, -0.2) is 17.6 Å². The molecule has 0 fully saturated rings. The summed E-state index contributed by atoms with van der Waals surface area (Å²) < 4.78 is 51.1. The van der Waals surface area contributed by atoms with Crippen molar-refractivity contribution in [3.05, 3.63) is 59.1 Å². The number of sulfonamides is 1. The predicted octanol–water partition coefficient (Wildman–Crippen LogP) is 3.78. The molecule has 0 amide bonds. The van der Waals surface area contributed by atoms with Gasteiger partial charge in [0, 0.05) is 11.1 Å². The van der Waals surface area contributed by atoms with Gasteiger partial charge in [0.05, 0.1) is 12.0 Å². The lowest BCUT2D eigenvalue weighted by molar-refractivity contribution is 0.0600. The molecule has 0 aliphatic rings. The number of esters is 1. The number of benzene rings is 2. The highest BCUT2D eigenvalue weighted by molar-refractivity contribution is 7.92. The second kappa shape index (κ2) is 6.45. The van der Waals surface area contributed by atoms with Crippen molar-refractivity contribution in [3.8, 4) is 0 Å². The van der Waals surface area contributed by atoms with Gasteiger partial charge in [0.2, 0.25) is 0 Å². The van der Waals surface area contributed by atoms with Crippen LogP contribution in [0.5, 0.6) is 0 Å². The zero-order valence-electron chi connectivity index (χ0n) is 14.3. The van der Waals surface area contributed by atoms with E-state index in [0.717, 1.165) is 12.1 Å². The number of halogens is 1. The third-order valence-corrected chi connectivity index (χ3v) is 5.47. The first-order chi connectivity index (χ1) is 12.2. The average Bonchev–Trinajstić information content (AvgIpc) is 2.88. The van der Waals surface area contributed by atoms with Crippen LogP contribution in [0.3, 0.4) is 0 Å². The number of rotatable bonds is 4. The normalized spacial score (nSPS) is 11.5. The molecule has 0 spiro atoms. The maximum atomic E-state index is 13.2. The largest absolute Gasteiger partial charge is 0.465 e. The Morgan fingerprint density at radius 2 is 1.88 bits per heavy atom. The first kappa shape index (κ1) is 17.9. The molecule has 0 aliphatic carbocycles. The third-order valence-electron chi connectivity index (χ3n) is 3.93. The molecule has 1 heterocycles. The van der Waals surface area contributed by atoms with E-state index in [1.807, 2.05) is 0 Å². The molecule has 1 aromatic heterocycles. The van der Waals surface area contributed by atoms with Gasteiger partial charge in [0.15, 0.2) is 0 Å². The van der Waals surface area contributed by atoms with Gasteiger partial charge in [-0.1, -0.05) is 0 Å². The molecule has 3 aromatic rings. The molecular formula is C18H16FNO5S. The van der Waals surface area contributed by atoms with E-state index in [4.69, 9.17) is 9.15 Å². The van der Waals surface area contributed by atoms with Crippen molar-refractivity contribution in [2.24, 2.45) is 0 Å². The standard InChI is InChI=1S/C18H16FNO5S/c1-10-8-12(19)4-7-16(10)26(22,23)20-13-5-6-15-14(9-13)17(11(2)25-15)18(21)24-3/h4-9,20H,1-3H3. The van der Waals surface area contributed by atoms with Gasteiger partial charge in [-0.3, -0.25) is 4.72 Å². The lowest BCUT2D eigenvalue weighted by Gasteiger charge is -2.10. The van der Waals surface area contributed by atoms with Crippen LogP contribution in [0.15, 0.2) is 45.7 Å². The fraction of sp³-hybridized carbons (Fsp3) is 0.167. The van der Waals surface area contributed by atoms with Crippen molar-refractivity contribution in [1.29, 1.82) is 0 Å². The molecule has 0 bridgehead atoms. The van der Waals surface area contributed by atoms with Crippen LogP contribution in [0.1, 0.15) is 21.7 Å². The van der Waals surface area contributed by atoms with Crippen LogP contribution in [-0.4, -0.2) is 21.5 Å². The molecule has 0 aliphatic heterocycles. The molecule has 0 saturated carbocycles. The first-order valence-corrected chi connectivity index (χ1v) is 9.11. The van der Waals surface area contributed by atoms with Gasteiger partial charge in [-0.05, 0) is 55.8 Å². The number of anilines is 1. The first-order valence-electron chi connectivity index (χ1n) is 7.63. The molecule has 136 valence electrons. The van der Waals surface area contributed by atoms with Crippen LogP contribution in [0, 0.1) is 19.7 Å². The van der Waals surface area contributed by atoms with Gasteiger partial charge < -0.3 is 9.15 Å². The van der Waals surface area contributed by atoms with Crippen molar-refractivity contribution in [2.75, 3.05) is 11.8 Å². The zero-order chi connectivity index (χ0) is 19.1. The van der Waals surface area contributed by atoms with Crippen LogP contribution >= 0.6 is 0 Å². The summed E-state index contributed by atoms with van der Waals surface area (Å²) in [6.07, 6.45) is 0. The molecule has 0 atom stereocenters. The molecule has 2 aromatic carbocycles. The quantitative estimate of drug-likeness (QED) is 0.700. The Hall–Kier alpha value is -2.87. The van der Waals surface area contributed by atoms with Gasteiger partial charge in [0.25, 0.3) is 10.0 Å². The number of furan rings is 1. The SMILES string of the molecule is COC(=O)c1c(C)oc2ccc(NS(=O)(=O)c3ccc(F)cc3C)cc12. The summed E-state index contributed by atoms with van der Waals surface area (Å²) in [7, 11) is -2.67. The van der Waals surface area contributed by atoms with E-state index in [-0.39, 0.29) is 21.7 Å². The number of ether oxygens (including phenoxy) is 1. The van der Waals surface area contributed by atoms with Crippen molar-refractivity contribution in [2.45, 2.75) is 18.7 Å². The van der Waals surface area contributed by atoms with Gasteiger partial charge in [0.1, 0.15) is 22.7 Å². The van der Waals surface area contributed by atoms with Crippen LogP contribution in [0.2, 0.25) is 0 Å². The van der Waals surface area contributed by atoms with Gasteiger partial charge in [-0.15, -0.1) is 0 Å². The summed E-state index contributed by atoms with van der Waals surface area (Å²) in [5, 5.41) is 0.436. The Labute approximate surface area is 149 Å². The fourth-order valence-corrected chi connectivity index (χ4v) is 4.04. The molecular weight excluding hydrogens is 361 g/mol. The van der Waals surface area contributed by atoms with Crippen molar-refractivity contribution in [1.82, 2.24) is 0 Å². The molecule has 6 nitrogen and oxygen atoms in total. The Bertz CT molecular complexity index is 1120. The molecule has 0 radical (unpaired) electrons. The van der Waals surface area contributed by atoms with Gasteiger partial charge >= 0.3 is 5.97 Å². The topological polar surface area (TPSA) is 85.6 Å². The fourth-order valence-electron chi connectivity index (χ4n) is 2.76. The molecule has 8 heteroatoms. The van der Waals surface area contributed by atoms with E-state index in [9.17, 15) is 17.6 Å². The molecule has 0 unspecified atom stereocenters. The number of fused-ring (bicyclic) bond motifs is 1. The second-order valence-corrected chi connectivity index (χ2v) is 7.40. The highest BCUT2D eigenvalue weighted by Crippen LogP contribution is 2.30. The van der Waals surface area contributed by atoms with Crippen LogP contribution < -0.4 is 4.72 Å².